The van der Waals surface area contributed by atoms with Crippen molar-refractivity contribution in [2.75, 3.05) is 6.61 Å². The summed E-state index contributed by atoms with van der Waals surface area (Å²) in [5.41, 5.74) is 5.40. The van der Waals surface area contributed by atoms with Gasteiger partial charge in [0.2, 0.25) is 0 Å². The van der Waals surface area contributed by atoms with E-state index in [0.717, 1.165) is 10.4 Å². The number of rotatable bonds is 5. The fraction of sp³-hybridized carbons (Fsp3) is 0.0526. The first-order valence-corrected chi connectivity index (χ1v) is 9.04. The predicted molar refractivity (Wildman–Crippen MR) is 102 cm³/mol. The second kappa shape index (κ2) is 8.66. The Morgan fingerprint density at radius 3 is 2.48 bits per heavy atom. The monoisotopic (exact) mass is 404 g/mol. The van der Waals surface area contributed by atoms with E-state index >= 15 is 0 Å². The molecule has 0 spiro atoms. The normalized spacial score (nSPS) is 10.3. The van der Waals surface area contributed by atoms with Gasteiger partial charge in [0.05, 0.1) is 9.90 Å². The van der Waals surface area contributed by atoms with E-state index in [9.17, 15) is 14.0 Å². The Balaban J connectivity index is 1.51. The molecule has 0 unspecified atom stereocenters. The Morgan fingerprint density at radius 2 is 1.74 bits per heavy atom. The molecule has 0 atom stereocenters. The van der Waals surface area contributed by atoms with Crippen molar-refractivity contribution in [2.45, 2.75) is 0 Å². The summed E-state index contributed by atoms with van der Waals surface area (Å²) in [5.74, 6) is -0.934. The van der Waals surface area contributed by atoms with Gasteiger partial charge in [-0.1, -0.05) is 35.9 Å². The lowest BCUT2D eigenvalue weighted by atomic mass is 10.2. The molecule has 1 heterocycles. The van der Waals surface area contributed by atoms with E-state index in [0.29, 0.717) is 15.6 Å². The smallest absolute Gasteiger partial charge is 0.279 e. The Kier molecular flexibility index (Phi) is 6.05. The maximum absolute atomic E-state index is 13.0. The first-order valence-electron chi connectivity index (χ1n) is 7.85. The van der Waals surface area contributed by atoms with Crippen LogP contribution in [0.1, 0.15) is 9.67 Å². The molecule has 0 aliphatic heterocycles. The summed E-state index contributed by atoms with van der Waals surface area (Å²) in [4.78, 5) is 25.2. The molecule has 0 radical (unpaired) electrons. The fourth-order valence-corrected chi connectivity index (χ4v) is 3.26. The fourth-order valence-electron chi connectivity index (χ4n) is 2.16. The SMILES string of the molecule is O=C(COc1ccccc1Cl)NNC(=O)c1ccc(-c2ccc(F)cc2)s1. The number of thiophene rings is 1. The molecule has 138 valence electrons. The maximum atomic E-state index is 13.0. The number of hydrogen-bond acceptors (Lipinski definition) is 4. The third-order valence-electron chi connectivity index (χ3n) is 3.47. The highest BCUT2D eigenvalue weighted by molar-refractivity contribution is 7.17. The summed E-state index contributed by atoms with van der Waals surface area (Å²) >= 11 is 7.16. The van der Waals surface area contributed by atoms with Gasteiger partial charge in [-0.05, 0) is 42.0 Å². The molecule has 0 saturated heterocycles. The van der Waals surface area contributed by atoms with Crippen LogP contribution in [0, 0.1) is 5.82 Å². The maximum Gasteiger partial charge on any atom is 0.279 e. The van der Waals surface area contributed by atoms with Gasteiger partial charge in [-0.3, -0.25) is 20.4 Å². The lowest BCUT2D eigenvalue weighted by molar-refractivity contribution is -0.123. The number of benzene rings is 2. The molecule has 5 nitrogen and oxygen atoms in total. The zero-order valence-electron chi connectivity index (χ0n) is 13.9. The van der Waals surface area contributed by atoms with Gasteiger partial charge in [0, 0.05) is 4.88 Å². The minimum absolute atomic E-state index is 0.296. The number of hydrazine groups is 1. The molecule has 3 aromatic rings. The summed E-state index contributed by atoms with van der Waals surface area (Å²) in [7, 11) is 0. The molecule has 0 fully saturated rings. The summed E-state index contributed by atoms with van der Waals surface area (Å²) in [6.07, 6.45) is 0. The standard InChI is InChI=1S/C19H14ClFN2O3S/c20-14-3-1-2-4-15(14)26-11-18(24)22-23-19(25)17-10-9-16(27-17)12-5-7-13(21)8-6-12/h1-10H,11H2,(H,22,24)(H,23,25). The van der Waals surface area contributed by atoms with Crippen LogP contribution < -0.4 is 15.6 Å². The first kappa shape index (κ1) is 18.9. The van der Waals surface area contributed by atoms with Crippen LogP contribution in [-0.2, 0) is 4.79 Å². The topological polar surface area (TPSA) is 67.4 Å². The van der Waals surface area contributed by atoms with Crippen LogP contribution in [0.2, 0.25) is 5.02 Å². The van der Waals surface area contributed by atoms with Crippen LogP contribution >= 0.6 is 22.9 Å². The van der Waals surface area contributed by atoms with Gasteiger partial charge in [0.25, 0.3) is 11.8 Å². The van der Waals surface area contributed by atoms with Crippen molar-refractivity contribution in [3.8, 4) is 16.2 Å². The third kappa shape index (κ3) is 5.06. The van der Waals surface area contributed by atoms with E-state index < -0.39 is 11.8 Å². The molecule has 1 aromatic heterocycles. The van der Waals surface area contributed by atoms with Gasteiger partial charge in [-0.15, -0.1) is 11.3 Å². The highest BCUT2D eigenvalue weighted by atomic mass is 35.5. The molecule has 2 N–H and O–H groups in total. The molecule has 3 rings (SSSR count). The highest BCUT2D eigenvalue weighted by Crippen LogP contribution is 2.28. The summed E-state index contributed by atoms with van der Waals surface area (Å²) in [6, 6.07) is 16.1. The first-order chi connectivity index (χ1) is 13.0. The van der Waals surface area contributed by atoms with E-state index in [4.69, 9.17) is 16.3 Å². The lowest BCUT2D eigenvalue weighted by Gasteiger charge is -2.09. The predicted octanol–water partition coefficient (Wildman–Crippen LogP) is 4.05. The van der Waals surface area contributed by atoms with Crippen LogP contribution in [0.25, 0.3) is 10.4 Å². The van der Waals surface area contributed by atoms with E-state index in [1.54, 1.807) is 48.5 Å². The highest BCUT2D eigenvalue weighted by Gasteiger charge is 2.12. The minimum Gasteiger partial charge on any atom is -0.482 e. The average molecular weight is 405 g/mol. The Labute approximate surface area is 163 Å². The van der Waals surface area contributed by atoms with Crippen molar-refractivity contribution in [2.24, 2.45) is 0 Å². The Bertz CT molecular complexity index is 960. The number of amides is 2. The number of carbonyl (C=O) groups excluding carboxylic acids is 2. The summed E-state index contributed by atoms with van der Waals surface area (Å²) in [5, 5.41) is 0.390. The van der Waals surface area contributed by atoms with Gasteiger partial charge < -0.3 is 4.74 Å². The molecule has 2 aromatic carbocycles. The molecule has 0 aliphatic carbocycles. The lowest BCUT2D eigenvalue weighted by Crippen LogP contribution is -2.43. The van der Waals surface area contributed by atoms with Crippen molar-refractivity contribution >= 4 is 34.8 Å². The molecular formula is C19H14ClFN2O3S. The van der Waals surface area contributed by atoms with Gasteiger partial charge in [-0.2, -0.15) is 0 Å². The molecule has 0 aliphatic rings. The summed E-state index contributed by atoms with van der Waals surface area (Å²) in [6.45, 7) is -0.296. The molecule has 0 saturated carbocycles. The van der Waals surface area contributed by atoms with E-state index in [-0.39, 0.29) is 12.4 Å². The largest absolute Gasteiger partial charge is 0.482 e. The zero-order valence-corrected chi connectivity index (χ0v) is 15.4. The molecule has 27 heavy (non-hydrogen) atoms. The van der Waals surface area contributed by atoms with Crippen molar-refractivity contribution in [1.82, 2.24) is 10.9 Å². The molecule has 2 amide bonds. The van der Waals surface area contributed by atoms with Crippen LogP contribution in [0.3, 0.4) is 0 Å². The third-order valence-corrected chi connectivity index (χ3v) is 4.91. The zero-order chi connectivity index (χ0) is 19.2. The van der Waals surface area contributed by atoms with Crippen LogP contribution in [-0.4, -0.2) is 18.4 Å². The van der Waals surface area contributed by atoms with Gasteiger partial charge in [0.15, 0.2) is 6.61 Å². The van der Waals surface area contributed by atoms with Crippen molar-refractivity contribution in [1.29, 1.82) is 0 Å². The van der Waals surface area contributed by atoms with E-state index in [1.807, 2.05) is 0 Å². The van der Waals surface area contributed by atoms with Crippen LogP contribution in [0.5, 0.6) is 5.75 Å². The number of ether oxygens (including phenoxy) is 1. The van der Waals surface area contributed by atoms with Crippen molar-refractivity contribution in [3.63, 3.8) is 0 Å². The average Bonchev–Trinajstić information content (AvgIpc) is 3.16. The number of para-hydroxylation sites is 1. The quantitative estimate of drug-likeness (QED) is 0.630. The van der Waals surface area contributed by atoms with Crippen LogP contribution in [0.4, 0.5) is 4.39 Å². The Morgan fingerprint density at radius 1 is 1.00 bits per heavy atom. The second-order valence-electron chi connectivity index (χ2n) is 5.39. The van der Waals surface area contributed by atoms with Gasteiger partial charge in [0.1, 0.15) is 11.6 Å². The minimum atomic E-state index is -0.529. The molecule has 0 bridgehead atoms. The van der Waals surface area contributed by atoms with Gasteiger partial charge in [-0.25, -0.2) is 4.39 Å². The Hall–Kier alpha value is -2.90. The molecular weight excluding hydrogens is 391 g/mol. The molecule has 8 heteroatoms. The van der Waals surface area contributed by atoms with Crippen LogP contribution in [0.15, 0.2) is 60.7 Å². The number of halogens is 2. The van der Waals surface area contributed by atoms with Crippen molar-refractivity contribution in [3.05, 3.63) is 76.4 Å². The number of nitrogens with one attached hydrogen (secondary N) is 2. The van der Waals surface area contributed by atoms with E-state index in [1.165, 1.54) is 23.5 Å². The van der Waals surface area contributed by atoms with E-state index in [2.05, 4.69) is 10.9 Å². The number of hydrogen-bond donors (Lipinski definition) is 2. The van der Waals surface area contributed by atoms with Gasteiger partial charge >= 0.3 is 0 Å². The number of carbonyl (C=O) groups is 2. The van der Waals surface area contributed by atoms with Crippen molar-refractivity contribution < 1.29 is 18.7 Å². The second-order valence-corrected chi connectivity index (χ2v) is 6.88. The summed E-state index contributed by atoms with van der Waals surface area (Å²) < 4.78 is 18.3.